The maximum atomic E-state index is 12.7. The Balaban J connectivity index is 1.60. The molecule has 6 heteroatoms. The Labute approximate surface area is 165 Å². The van der Waals surface area contributed by atoms with Crippen LogP contribution in [-0.2, 0) is 14.3 Å². The second-order valence-electron chi connectivity index (χ2n) is 6.90. The van der Waals surface area contributed by atoms with Crippen LogP contribution in [0.25, 0.3) is 0 Å². The summed E-state index contributed by atoms with van der Waals surface area (Å²) in [6.45, 7) is 6.09. The molecule has 28 heavy (non-hydrogen) atoms. The van der Waals surface area contributed by atoms with E-state index in [9.17, 15) is 9.59 Å². The molecule has 0 aromatic heterocycles. The monoisotopic (exact) mass is 381 g/mol. The minimum absolute atomic E-state index is 0.105. The van der Waals surface area contributed by atoms with Gasteiger partial charge in [0.25, 0.3) is 5.91 Å². The van der Waals surface area contributed by atoms with E-state index in [1.54, 1.807) is 0 Å². The van der Waals surface area contributed by atoms with Gasteiger partial charge in [0.2, 0.25) is 5.91 Å². The van der Waals surface area contributed by atoms with Crippen LogP contribution in [-0.4, -0.2) is 44.2 Å². The minimum Gasteiger partial charge on any atom is -0.370 e. The van der Waals surface area contributed by atoms with E-state index in [4.69, 9.17) is 4.74 Å². The molecule has 1 aliphatic heterocycles. The van der Waals surface area contributed by atoms with E-state index in [1.165, 1.54) is 5.56 Å². The summed E-state index contributed by atoms with van der Waals surface area (Å²) < 4.78 is 5.57. The quantitative estimate of drug-likeness (QED) is 0.771. The fourth-order valence-electron chi connectivity index (χ4n) is 3.41. The van der Waals surface area contributed by atoms with Crippen LogP contribution in [0.1, 0.15) is 24.1 Å². The zero-order chi connectivity index (χ0) is 19.9. The number of nitrogens with one attached hydrogen (secondary N) is 2. The number of anilines is 1. The molecule has 0 saturated carbocycles. The van der Waals surface area contributed by atoms with Crippen LogP contribution >= 0.6 is 0 Å². The molecule has 0 spiro atoms. The third-order valence-corrected chi connectivity index (χ3v) is 4.86. The maximum Gasteiger partial charge on any atom is 0.251 e. The molecule has 2 aromatic rings. The van der Waals surface area contributed by atoms with Crippen molar-refractivity contribution >= 4 is 17.5 Å². The largest absolute Gasteiger partial charge is 0.370 e. The molecule has 1 fully saturated rings. The molecular formula is C22H27N3O3. The summed E-state index contributed by atoms with van der Waals surface area (Å²) in [6.07, 6.45) is -0.742. The SMILES string of the molecule is CCN(CCNC(=O)[C@H]1OCC(=O)N[C@@H]1c1ccccc1)c1cccc(C)c1. The van der Waals surface area contributed by atoms with Gasteiger partial charge in [-0.15, -0.1) is 0 Å². The van der Waals surface area contributed by atoms with Crippen LogP contribution in [0.15, 0.2) is 54.6 Å². The molecule has 6 nitrogen and oxygen atoms in total. The van der Waals surface area contributed by atoms with Gasteiger partial charge in [-0.1, -0.05) is 42.5 Å². The normalized spacial score (nSPS) is 19.0. The molecule has 1 heterocycles. The van der Waals surface area contributed by atoms with Crippen LogP contribution < -0.4 is 15.5 Å². The molecule has 2 aromatic carbocycles. The Bertz CT molecular complexity index is 810. The molecule has 148 valence electrons. The van der Waals surface area contributed by atoms with E-state index >= 15 is 0 Å². The Hall–Kier alpha value is -2.86. The number of rotatable bonds is 7. The number of carbonyl (C=O) groups is 2. The third-order valence-electron chi connectivity index (χ3n) is 4.86. The number of nitrogens with zero attached hydrogens (tertiary/aromatic N) is 1. The first-order valence-corrected chi connectivity index (χ1v) is 9.63. The van der Waals surface area contributed by atoms with Gasteiger partial charge in [0.15, 0.2) is 6.10 Å². The number of carbonyl (C=O) groups excluding carboxylic acids is 2. The number of aryl methyl sites for hydroxylation is 1. The van der Waals surface area contributed by atoms with Crippen molar-refractivity contribution in [2.45, 2.75) is 26.0 Å². The highest BCUT2D eigenvalue weighted by atomic mass is 16.5. The lowest BCUT2D eigenvalue weighted by Gasteiger charge is -2.32. The standard InChI is InChI=1S/C22H27N3O3/c1-3-25(18-11-7-8-16(2)14-18)13-12-23-22(27)21-20(24-19(26)15-28-21)17-9-5-4-6-10-17/h4-11,14,20-21H,3,12-13,15H2,1-2H3,(H,23,27)(H,24,26)/t20-,21+/m1/s1. The van der Waals surface area contributed by atoms with Gasteiger partial charge in [0, 0.05) is 25.3 Å². The molecule has 1 aliphatic rings. The lowest BCUT2D eigenvalue weighted by molar-refractivity contribution is -0.148. The average Bonchev–Trinajstić information content (AvgIpc) is 2.71. The fourth-order valence-corrected chi connectivity index (χ4v) is 3.41. The van der Waals surface area contributed by atoms with Gasteiger partial charge >= 0.3 is 0 Å². The van der Waals surface area contributed by atoms with Crippen LogP contribution in [0.5, 0.6) is 0 Å². The van der Waals surface area contributed by atoms with Crippen LogP contribution in [0.2, 0.25) is 0 Å². The smallest absolute Gasteiger partial charge is 0.251 e. The minimum atomic E-state index is -0.742. The second kappa shape index (κ2) is 9.37. The first-order valence-electron chi connectivity index (χ1n) is 9.63. The molecule has 0 aliphatic carbocycles. The molecule has 3 rings (SSSR count). The first kappa shape index (κ1) is 19.9. The number of hydrogen-bond donors (Lipinski definition) is 2. The van der Waals surface area contributed by atoms with Gasteiger partial charge in [-0.05, 0) is 37.1 Å². The Kier molecular flexibility index (Phi) is 6.66. The van der Waals surface area contributed by atoms with E-state index in [0.717, 1.165) is 17.8 Å². The number of hydrogen-bond acceptors (Lipinski definition) is 4. The van der Waals surface area contributed by atoms with E-state index in [0.29, 0.717) is 13.1 Å². The van der Waals surface area contributed by atoms with Crippen LogP contribution in [0.4, 0.5) is 5.69 Å². The van der Waals surface area contributed by atoms with E-state index in [1.807, 2.05) is 36.4 Å². The summed E-state index contributed by atoms with van der Waals surface area (Å²) in [6, 6.07) is 17.3. The van der Waals surface area contributed by atoms with Crippen molar-refractivity contribution < 1.29 is 14.3 Å². The lowest BCUT2D eigenvalue weighted by atomic mass is 9.99. The zero-order valence-electron chi connectivity index (χ0n) is 16.4. The number of morpholine rings is 1. The molecule has 2 N–H and O–H groups in total. The van der Waals surface area contributed by atoms with E-state index in [-0.39, 0.29) is 18.4 Å². The third kappa shape index (κ3) is 4.89. The summed E-state index contributed by atoms with van der Waals surface area (Å²) in [5.41, 5.74) is 3.20. The van der Waals surface area contributed by atoms with Crippen molar-refractivity contribution in [3.8, 4) is 0 Å². The van der Waals surface area contributed by atoms with Crippen molar-refractivity contribution in [2.24, 2.45) is 0 Å². The van der Waals surface area contributed by atoms with Crippen molar-refractivity contribution in [3.05, 3.63) is 65.7 Å². The Morgan fingerprint density at radius 1 is 1.21 bits per heavy atom. The number of amides is 2. The van der Waals surface area contributed by atoms with E-state index in [2.05, 4.69) is 47.6 Å². The van der Waals surface area contributed by atoms with Gasteiger partial charge in [0.1, 0.15) is 6.61 Å². The molecule has 2 atom stereocenters. The second-order valence-corrected chi connectivity index (χ2v) is 6.90. The predicted octanol–water partition coefficient (Wildman–Crippen LogP) is 2.19. The summed E-state index contributed by atoms with van der Waals surface area (Å²) in [4.78, 5) is 26.7. The highest BCUT2D eigenvalue weighted by Gasteiger charge is 2.35. The topological polar surface area (TPSA) is 70.7 Å². The van der Waals surface area contributed by atoms with Crippen LogP contribution in [0.3, 0.4) is 0 Å². The van der Waals surface area contributed by atoms with Gasteiger partial charge < -0.3 is 20.3 Å². The van der Waals surface area contributed by atoms with Crippen LogP contribution in [0, 0.1) is 6.92 Å². The zero-order valence-corrected chi connectivity index (χ0v) is 16.4. The molecule has 0 unspecified atom stereocenters. The van der Waals surface area contributed by atoms with Gasteiger partial charge in [-0.2, -0.15) is 0 Å². The first-order chi connectivity index (χ1) is 13.6. The fraction of sp³-hybridized carbons (Fsp3) is 0.364. The van der Waals surface area contributed by atoms with Crippen molar-refractivity contribution in [1.82, 2.24) is 10.6 Å². The summed E-state index contributed by atoms with van der Waals surface area (Å²) in [5.74, 6) is -0.427. The van der Waals surface area contributed by atoms with Gasteiger partial charge in [0.05, 0.1) is 6.04 Å². The molecule has 0 bridgehead atoms. The highest BCUT2D eigenvalue weighted by molar-refractivity contribution is 5.86. The Morgan fingerprint density at radius 2 is 2.00 bits per heavy atom. The van der Waals surface area contributed by atoms with Gasteiger partial charge in [-0.25, -0.2) is 0 Å². The summed E-state index contributed by atoms with van der Waals surface area (Å²) in [7, 11) is 0. The highest BCUT2D eigenvalue weighted by Crippen LogP contribution is 2.22. The van der Waals surface area contributed by atoms with Gasteiger partial charge in [-0.3, -0.25) is 9.59 Å². The Morgan fingerprint density at radius 3 is 2.71 bits per heavy atom. The number of benzene rings is 2. The molecule has 1 saturated heterocycles. The summed E-state index contributed by atoms with van der Waals surface area (Å²) >= 11 is 0. The molecule has 2 amide bonds. The summed E-state index contributed by atoms with van der Waals surface area (Å²) in [5, 5.41) is 5.83. The number of ether oxygens (including phenoxy) is 1. The number of likely N-dealkylation sites (N-methyl/N-ethyl adjacent to an activating group) is 1. The lowest BCUT2D eigenvalue weighted by Crippen LogP contribution is -2.53. The maximum absolute atomic E-state index is 12.7. The molecular weight excluding hydrogens is 354 g/mol. The van der Waals surface area contributed by atoms with Crippen molar-refractivity contribution in [2.75, 3.05) is 31.1 Å². The molecule has 0 radical (unpaired) electrons. The van der Waals surface area contributed by atoms with Crippen molar-refractivity contribution in [3.63, 3.8) is 0 Å². The predicted molar refractivity (Wildman–Crippen MR) is 109 cm³/mol. The van der Waals surface area contributed by atoms with Crippen molar-refractivity contribution in [1.29, 1.82) is 0 Å². The average molecular weight is 381 g/mol. The van der Waals surface area contributed by atoms with E-state index < -0.39 is 12.1 Å².